The lowest BCUT2D eigenvalue weighted by molar-refractivity contribution is 0.166. The highest BCUT2D eigenvalue weighted by Gasteiger charge is 2.10. The van der Waals surface area contributed by atoms with Gasteiger partial charge in [-0.05, 0) is 12.5 Å². The van der Waals surface area contributed by atoms with Gasteiger partial charge in [-0.15, -0.1) is 0 Å². The highest BCUT2D eigenvalue weighted by molar-refractivity contribution is 5.19. The maximum atomic E-state index is 9.90. The van der Waals surface area contributed by atoms with E-state index in [-0.39, 0.29) is 0 Å². The molecule has 0 spiro atoms. The summed E-state index contributed by atoms with van der Waals surface area (Å²) < 4.78 is 5.05. The Bertz CT molecular complexity index is 422. The van der Waals surface area contributed by atoms with Crippen LogP contribution in [0, 0.1) is 6.92 Å². The topological polar surface area (TPSA) is 46.3 Å². The van der Waals surface area contributed by atoms with Crippen molar-refractivity contribution in [2.75, 3.05) is 0 Å². The third kappa shape index (κ3) is 2.44. The third-order valence-corrected chi connectivity index (χ3v) is 2.26. The largest absolute Gasteiger partial charge is 0.388 e. The summed E-state index contributed by atoms with van der Waals surface area (Å²) in [5.41, 5.74) is 1.73. The van der Waals surface area contributed by atoms with Crippen molar-refractivity contribution in [1.29, 1.82) is 0 Å². The summed E-state index contributed by atoms with van der Waals surface area (Å²) in [6.45, 7) is 1.86. The number of aliphatic hydroxyl groups is 1. The second kappa shape index (κ2) is 4.28. The van der Waals surface area contributed by atoms with Crippen LogP contribution in [0.2, 0.25) is 0 Å². The number of benzene rings is 1. The van der Waals surface area contributed by atoms with Crippen molar-refractivity contribution in [1.82, 2.24) is 5.16 Å². The second-order valence-electron chi connectivity index (χ2n) is 3.57. The third-order valence-electron chi connectivity index (χ3n) is 2.26. The standard InChI is InChI=1S/C12H13NO2/c1-9-7-11(15-13-9)8-12(14)10-5-3-2-4-6-10/h2-7,12,14H,8H2,1H3/t12-/m0/s1. The van der Waals surface area contributed by atoms with Gasteiger partial charge in [-0.1, -0.05) is 35.5 Å². The van der Waals surface area contributed by atoms with Crippen LogP contribution in [0.15, 0.2) is 40.9 Å². The summed E-state index contributed by atoms with van der Waals surface area (Å²) in [6, 6.07) is 11.4. The first-order valence-electron chi connectivity index (χ1n) is 4.91. The number of rotatable bonds is 3. The van der Waals surface area contributed by atoms with E-state index >= 15 is 0 Å². The molecule has 1 heterocycles. The Kier molecular flexibility index (Phi) is 2.83. The molecule has 0 unspecified atom stereocenters. The van der Waals surface area contributed by atoms with E-state index in [1.54, 1.807) is 0 Å². The van der Waals surface area contributed by atoms with Crippen molar-refractivity contribution < 1.29 is 9.63 Å². The van der Waals surface area contributed by atoms with E-state index in [4.69, 9.17) is 4.52 Å². The Balaban J connectivity index is 2.07. The number of aromatic nitrogens is 1. The van der Waals surface area contributed by atoms with Gasteiger partial charge in [0.15, 0.2) is 0 Å². The van der Waals surface area contributed by atoms with Gasteiger partial charge >= 0.3 is 0 Å². The molecule has 15 heavy (non-hydrogen) atoms. The molecule has 2 rings (SSSR count). The molecule has 3 nitrogen and oxygen atoms in total. The zero-order valence-electron chi connectivity index (χ0n) is 8.55. The number of aryl methyl sites for hydroxylation is 1. The van der Waals surface area contributed by atoms with Crippen molar-refractivity contribution >= 4 is 0 Å². The van der Waals surface area contributed by atoms with Crippen molar-refractivity contribution in [2.24, 2.45) is 0 Å². The molecule has 1 aromatic heterocycles. The van der Waals surface area contributed by atoms with Crippen LogP contribution in [0.4, 0.5) is 0 Å². The zero-order valence-corrected chi connectivity index (χ0v) is 8.55. The monoisotopic (exact) mass is 203 g/mol. The summed E-state index contributed by atoms with van der Waals surface area (Å²) in [5.74, 6) is 0.712. The van der Waals surface area contributed by atoms with Gasteiger partial charge in [-0.25, -0.2) is 0 Å². The Hall–Kier alpha value is -1.61. The lowest BCUT2D eigenvalue weighted by Crippen LogP contribution is -2.00. The molecule has 3 heteroatoms. The fraction of sp³-hybridized carbons (Fsp3) is 0.250. The molecule has 0 aliphatic carbocycles. The predicted octanol–water partition coefficient (Wildman–Crippen LogP) is 2.26. The summed E-state index contributed by atoms with van der Waals surface area (Å²) in [4.78, 5) is 0. The fourth-order valence-electron chi connectivity index (χ4n) is 1.50. The van der Waals surface area contributed by atoms with E-state index < -0.39 is 6.10 Å². The maximum Gasteiger partial charge on any atom is 0.139 e. The first-order valence-corrected chi connectivity index (χ1v) is 4.91. The minimum atomic E-state index is -0.529. The molecule has 0 saturated heterocycles. The van der Waals surface area contributed by atoms with Gasteiger partial charge in [0, 0.05) is 12.5 Å². The number of hydrogen-bond donors (Lipinski definition) is 1. The van der Waals surface area contributed by atoms with Crippen LogP contribution in [0.3, 0.4) is 0 Å². The van der Waals surface area contributed by atoms with E-state index in [9.17, 15) is 5.11 Å². The first-order chi connectivity index (χ1) is 7.25. The molecule has 0 radical (unpaired) electrons. The zero-order chi connectivity index (χ0) is 10.7. The molecular formula is C12H13NO2. The van der Waals surface area contributed by atoms with Gasteiger partial charge in [-0.2, -0.15) is 0 Å². The number of nitrogens with zero attached hydrogens (tertiary/aromatic N) is 1. The fourth-order valence-corrected chi connectivity index (χ4v) is 1.50. The number of aliphatic hydroxyl groups excluding tert-OH is 1. The summed E-state index contributed by atoms with van der Waals surface area (Å²) in [7, 11) is 0. The molecule has 2 aromatic rings. The van der Waals surface area contributed by atoms with Gasteiger partial charge < -0.3 is 9.63 Å². The normalized spacial score (nSPS) is 12.7. The number of hydrogen-bond acceptors (Lipinski definition) is 3. The van der Waals surface area contributed by atoms with Crippen molar-refractivity contribution in [3.05, 3.63) is 53.4 Å². The maximum absolute atomic E-state index is 9.90. The molecule has 0 bridgehead atoms. The lowest BCUT2D eigenvalue weighted by Gasteiger charge is -2.07. The minimum Gasteiger partial charge on any atom is -0.388 e. The molecule has 1 aromatic carbocycles. The molecule has 0 amide bonds. The van der Waals surface area contributed by atoms with Crippen LogP contribution in [0.1, 0.15) is 23.1 Å². The molecule has 1 atom stereocenters. The average molecular weight is 203 g/mol. The quantitative estimate of drug-likeness (QED) is 0.832. The molecular weight excluding hydrogens is 190 g/mol. The molecule has 0 aliphatic heterocycles. The highest BCUT2D eigenvalue weighted by Crippen LogP contribution is 2.18. The highest BCUT2D eigenvalue weighted by atomic mass is 16.5. The summed E-state index contributed by atoms with van der Waals surface area (Å²) in [6.07, 6.45) is -0.0660. The molecule has 0 saturated carbocycles. The average Bonchev–Trinajstić information content (AvgIpc) is 2.65. The van der Waals surface area contributed by atoms with E-state index in [0.717, 1.165) is 11.3 Å². The van der Waals surface area contributed by atoms with E-state index in [1.807, 2.05) is 43.3 Å². The van der Waals surface area contributed by atoms with Gasteiger partial charge in [0.1, 0.15) is 5.76 Å². The Morgan fingerprint density at radius 2 is 2.07 bits per heavy atom. The SMILES string of the molecule is Cc1cc(C[C@H](O)c2ccccc2)on1. The lowest BCUT2D eigenvalue weighted by atomic mass is 10.1. The van der Waals surface area contributed by atoms with Gasteiger partial charge in [-0.3, -0.25) is 0 Å². The van der Waals surface area contributed by atoms with Gasteiger partial charge in [0.05, 0.1) is 11.8 Å². The second-order valence-corrected chi connectivity index (χ2v) is 3.57. The van der Waals surface area contributed by atoms with Crippen LogP contribution in [0.25, 0.3) is 0 Å². The van der Waals surface area contributed by atoms with E-state index in [1.165, 1.54) is 0 Å². The molecule has 0 aliphatic rings. The smallest absolute Gasteiger partial charge is 0.139 e. The Labute approximate surface area is 88.3 Å². The van der Waals surface area contributed by atoms with Crippen LogP contribution in [0.5, 0.6) is 0 Å². The van der Waals surface area contributed by atoms with Crippen molar-refractivity contribution in [3.63, 3.8) is 0 Å². The van der Waals surface area contributed by atoms with Crippen LogP contribution < -0.4 is 0 Å². The van der Waals surface area contributed by atoms with Crippen LogP contribution in [-0.2, 0) is 6.42 Å². The minimum absolute atomic E-state index is 0.463. The molecule has 78 valence electrons. The summed E-state index contributed by atoms with van der Waals surface area (Å²) >= 11 is 0. The predicted molar refractivity (Wildman–Crippen MR) is 56.3 cm³/mol. The molecule has 0 fully saturated rings. The van der Waals surface area contributed by atoms with Gasteiger partial charge in [0.25, 0.3) is 0 Å². The van der Waals surface area contributed by atoms with Crippen molar-refractivity contribution in [3.8, 4) is 0 Å². The van der Waals surface area contributed by atoms with Crippen molar-refractivity contribution in [2.45, 2.75) is 19.4 Å². The van der Waals surface area contributed by atoms with E-state index in [0.29, 0.717) is 12.2 Å². The summed E-state index contributed by atoms with van der Waals surface area (Å²) in [5, 5.41) is 13.7. The van der Waals surface area contributed by atoms with Gasteiger partial charge in [0.2, 0.25) is 0 Å². The van der Waals surface area contributed by atoms with Crippen LogP contribution in [-0.4, -0.2) is 10.3 Å². The molecule has 1 N–H and O–H groups in total. The van der Waals surface area contributed by atoms with E-state index in [2.05, 4.69) is 5.16 Å². The Morgan fingerprint density at radius 1 is 1.33 bits per heavy atom. The van der Waals surface area contributed by atoms with Crippen LogP contribution >= 0.6 is 0 Å². The first kappa shape index (κ1) is 9.93. The Morgan fingerprint density at radius 3 is 2.67 bits per heavy atom.